The number of ether oxygens (including phenoxy) is 1. The minimum Gasteiger partial charge on any atom is -0.456 e. The van der Waals surface area contributed by atoms with E-state index in [4.69, 9.17) is 16.3 Å². The number of aromatic nitrogens is 1. The van der Waals surface area contributed by atoms with E-state index in [0.29, 0.717) is 5.75 Å². The first-order valence-corrected chi connectivity index (χ1v) is 23.0. The van der Waals surface area contributed by atoms with Crippen LogP contribution >= 0.6 is 11.6 Å². The van der Waals surface area contributed by atoms with Gasteiger partial charge in [-0.3, -0.25) is 9.69 Å². The van der Waals surface area contributed by atoms with Gasteiger partial charge in [0, 0.05) is 78.8 Å². The van der Waals surface area contributed by atoms with E-state index in [-0.39, 0.29) is 16.2 Å². The van der Waals surface area contributed by atoms with Gasteiger partial charge < -0.3 is 24.8 Å². The zero-order valence-electron chi connectivity index (χ0n) is 33.9. The monoisotopic (exact) mass is 834 g/mol. The van der Waals surface area contributed by atoms with Crippen molar-refractivity contribution in [1.82, 2.24) is 19.5 Å². The van der Waals surface area contributed by atoms with E-state index in [0.717, 1.165) is 97.9 Å². The van der Waals surface area contributed by atoms with E-state index in [2.05, 4.69) is 41.9 Å². The summed E-state index contributed by atoms with van der Waals surface area (Å²) in [5.74, 6) is 0.0923. The number of fused-ring (bicyclic) bond motifs is 1. The predicted molar refractivity (Wildman–Crippen MR) is 240 cm³/mol. The van der Waals surface area contributed by atoms with Gasteiger partial charge in [-0.05, 0) is 149 Å². The van der Waals surface area contributed by atoms with Crippen molar-refractivity contribution >= 4 is 55.4 Å². The number of H-pyrrole nitrogens is 1. The van der Waals surface area contributed by atoms with Crippen LogP contribution in [0.1, 0.15) is 72.9 Å². The highest BCUT2D eigenvalue weighted by Crippen LogP contribution is 2.36. The third-order valence-corrected chi connectivity index (χ3v) is 13.6. The SMILES string of the molecule is Cc1cc(S(=O)(=O)NC(=O)c2ccc(N3CCN(CC4=C(c5ccc(Cl)cc5)CCCCC4)CC3)cc2Oc2cccc3[nH]ccc23)ccc1NCCCN1CCCC1. The lowest BCUT2D eigenvalue weighted by atomic mass is 9.95. The molecule has 4 aromatic carbocycles. The number of anilines is 2. The van der Waals surface area contributed by atoms with Crippen LogP contribution in [0.25, 0.3) is 16.5 Å². The molecule has 5 aromatic rings. The predicted octanol–water partition coefficient (Wildman–Crippen LogP) is 9.48. The summed E-state index contributed by atoms with van der Waals surface area (Å²) in [5, 5.41) is 5.07. The molecule has 2 saturated heterocycles. The molecule has 310 valence electrons. The maximum Gasteiger partial charge on any atom is 0.268 e. The topological polar surface area (TPSA) is 110 Å². The van der Waals surface area contributed by atoms with Crippen molar-refractivity contribution in [2.24, 2.45) is 0 Å². The Kier molecular flexibility index (Phi) is 12.9. The molecular weight excluding hydrogens is 780 g/mol. The second-order valence-corrected chi connectivity index (χ2v) is 18.2. The highest BCUT2D eigenvalue weighted by atomic mass is 35.5. The molecule has 0 unspecified atom stereocenters. The molecule has 0 radical (unpaired) electrons. The standard InChI is InChI=1S/C47H55ClN6O4S/c1-34-31-39(18-20-43(34)49-22-8-26-52-24-5-6-25-52)59(56,57)51-47(55)42-19-17-38(32-46(42)58-45-12-7-11-44-41(45)21-23-50-44)54-29-27-53(28-30-54)33-36-9-3-2-4-10-40(36)35-13-15-37(48)16-14-35/h7,11-21,23,31-32,49-50H,2-6,8-10,22,24-30,33H2,1H3,(H,51,55). The van der Waals surface area contributed by atoms with Crippen molar-refractivity contribution in [3.63, 3.8) is 0 Å². The number of allylic oxidation sites excluding steroid dienone is 1. The van der Waals surface area contributed by atoms with E-state index >= 15 is 0 Å². The van der Waals surface area contributed by atoms with Crippen molar-refractivity contribution in [1.29, 1.82) is 0 Å². The quantitative estimate of drug-likeness (QED) is 0.0950. The molecule has 0 bridgehead atoms. The number of halogens is 1. The molecule has 3 aliphatic rings. The summed E-state index contributed by atoms with van der Waals surface area (Å²) >= 11 is 6.23. The number of carbonyl (C=O) groups excluding carboxylic acids is 1. The van der Waals surface area contributed by atoms with E-state index in [1.54, 1.807) is 24.3 Å². The van der Waals surface area contributed by atoms with Crippen molar-refractivity contribution in [3.05, 3.63) is 118 Å². The van der Waals surface area contributed by atoms with Gasteiger partial charge in [0.2, 0.25) is 0 Å². The average Bonchev–Trinajstić information content (AvgIpc) is 3.90. The van der Waals surface area contributed by atoms with E-state index in [1.165, 1.54) is 61.9 Å². The maximum atomic E-state index is 14.0. The Morgan fingerprint density at radius 1 is 0.814 bits per heavy atom. The fourth-order valence-corrected chi connectivity index (χ4v) is 9.94. The number of amides is 1. The second-order valence-electron chi connectivity index (χ2n) is 16.1. The number of carbonyl (C=O) groups is 1. The highest BCUT2D eigenvalue weighted by Gasteiger charge is 2.26. The van der Waals surface area contributed by atoms with Gasteiger partial charge in [-0.15, -0.1) is 0 Å². The third kappa shape index (κ3) is 9.98. The Labute approximate surface area is 353 Å². The molecule has 2 aliphatic heterocycles. The van der Waals surface area contributed by atoms with Crippen LogP contribution in [0, 0.1) is 6.92 Å². The van der Waals surface area contributed by atoms with Gasteiger partial charge in [0.15, 0.2) is 0 Å². The molecule has 10 nitrogen and oxygen atoms in total. The molecule has 8 rings (SSSR count). The Morgan fingerprint density at radius 3 is 2.41 bits per heavy atom. The zero-order chi connectivity index (χ0) is 40.8. The second kappa shape index (κ2) is 18.6. The molecule has 0 saturated carbocycles. The van der Waals surface area contributed by atoms with Gasteiger partial charge in [0.25, 0.3) is 15.9 Å². The molecule has 0 spiro atoms. The Bertz CT molecular complexity index is 2400. The number of likely N-dealkylation sites (tertiary alicyclic amines) is 1. The minimum atomic E-state index is -4.19. The fourth-order valence-electron chi connectivity index (χ4n) is 8.77. The van der Waals surface area contributed by atoms with Crippen molar-refractivity contribution in [3.8, 4) is 11.5 Å². The normalized spacial score (nSPS) is 17.0. The van der Waals surface area contributed by atoms with Crippen LogP contribution in [0.2, 0.25) is 5.02 Å². The van der Waals surface area contributed by atoms with E-state index in [1.807, 2.05) is 61.7 Å². The average molecular weight is 836 g/mol. The van der Waals surface area contributed by atoms with Crippen molar-refractivity contribution < 1.29 is 17.9 Å². The molecule has 3 heterocycles. The number of nitrogens with one attached hydrogen (secondary N) is 3. The van der Waals surface area contributed by atoms with E-state index in [9.17, 15) is 13.2 Å². The Balaban J connectivity index is 0.973. The summed E-state index contributed by atoms with van der Waals surface area (Å²) < 4.78 is 36.2. The third-order valence-electron chi connectivity index (χ3n) is 12.1. The van der Waals surface area contributed by atoms with Crippen LogP contribution in [-0.2, 0) is 10.0 Å². The zero-order valence-corrected chi connectivity index (χ0v) is 35.5. The van der Waals surface area contributed by atoms with Crippen LogP contribution in [-0.4, -0.2) is 88.0 Å². The Hall–Kier alpha value is -4.81. The number of hydrogen-bond donors (Lipinski definition) is 3. The van der Waals surface area contributed by atoms with Crippen LogP contribution in [0.15, 0.2) is 102 Å². The van der Waals surface area contributed by atoms with Crippen molar-refractivity contribution in [2.45, 2.75) is 63.2 Å². The molecule has 12 heteroatoms. The number of hydrogen-bond acceptors (Lipinski definition) is 8. The van der Waals surface area contributed by atoms with Gasteiger partial charge in [0.05, 0.1) is 10.5 Å². The highest BCUT2D eigenvalue weighted by molar-refractivity contribution is 7.90. The molecule has 1 amide bonds. The van der Waals surface area contributed by atoms with Crippen LogP contribution in [0.5, 0.6) is 11.5 Å². The first-order valence-electron chi connectivity index (χ1n) is 21.2. The summed E-state index contributed by atoms with van der Waals surface area (Å²) in [6.45, 7) is 10.4. The molecule has 2 fully saturated rings. The minimum absolute atomic E-state index is 0.0277. The van der Waals surface area contributed by atoms with E-state index < -0.39 is 15.9 Å². The number of piperazine rings is 1. The lowest BCUT2D eigenvalue weighted by Crippen LogP contribution is -2.47. The number of rotatable bonds is 14. The summed E-state index contributed by atoms with van der Waals surface area (Å²) in [5.41, 5.74) is 7.90. The van der Waals surface area contributed by atoms with Crippen LogP contribution in [0.4, 0.5) is 11.4 Å². The fraction of sp³-hybridized carbons (Fsp3) is 0.383. The largest absolute Gasteiger partial charge is 0.456 e. The van der Waals surface area contributed by atoms with Gasteiger partial charge in [-0.25, -0.2) is 13.1 Å². The summed E-state index contributed by atoms with van der Waals surface area (Å²) in [6, 6.07) is 26.3. The smallest absolute Gasteiger partial charge is 0.268 e. The van der Waals surface area contributed by atoms with Gasteiger partial charge in [-0.2, -0.15) is 0 Å². The molecule has 1 aromatic heterocycles. The summed E-state index contributed by atoms with van der Waals surface area (Å²) in [7, 11) is -4.19. The number of aromatic amines is 1. The molecule has 3 N–H and O–H groups in total. The lowest BCUT2D eigenvalue weighted by Gasteiger charge is -2.37. The number of sulfonamides is 1. The first-order chi connectivity index (χ1) is 28.7. The first kappa shape index (κ1) is 40.9. The van der Waals surface area contributed by atoms with Gasteiger partial charge in [0.1, 0.15) is 11.5 Å². The summed E-state index contributed by atoms with van der Waals surface area (Å²) in [6.07, 6.45) is 11.3. The van der Waals surface area contributed by atoms with Crippen molar-refractivity contribution in [2.75, 3.05) is 69.1 Å². The lowest BCUT2D eigenvalue weighted by molar-refractivity contribution is 0.0979. The number of aryl methyl sites for hydroxylation is 1. The maximum absolute atomic E-state index is 14.0. The molecular formula is C47H55ClN6O4S. The van der Waals surface area contributed by atoms with Gasteiger partial charge in [-0.1, -0.05) is 41.8 Å². The molecule has 1 aliphatic carbocycles. The number of nitrogens with zero attached hydrogens (tertiary/aromatic N) is 3. The molecule has 59 heavy (non-hydrogen) atoms. The van der Waals surface area contributed by atoms with Crippen LogP contribution in [0.3, 0.4) is 0 Å². The number of benzene rings is 4. The van der Waals surface area contributed by atoms with Gasteiger partial charge >= 0.3 is 0 Å². The molecule has 0 atom stereocenters. The Morgan fingerprint density at radius 2 is 1.61 bits per heavy atom. The van der Waals surface area contributed by atoms with Crippen LogP contribution < -0.4 is 19.7 Å². The summed E-state index contributed by atoms with van der Waals surface area (Å²) in [4.78, 5) is 24.5.